The van der Waals surface area contributed by atoms with Crippen LogP contribution in [-0.2, 0) is 4.74 Å². The van der Waals surface area contributed by atoms with Gasteiger partial charge in [-0.2, -0.15) is 0 Å². The number of nitrogen functional groups attached to an aromatic ring is 1. The number of esters is 1. The van der Waals surface area contributed by atoms with E-state index in [1.54, 1.807) is 13.8 Å². The van der Waals surface area contributed by atoms with Crippen LogP contribution in [0.3, 0.4) is 0 Å². The van der Waals surface area contributed by atoms with Gasteiger partial charge in [0.05, 0.1) is 17.9 Å². The zero-order chi connectivity index (χ0) is 10.7. The van der Waals surface area contributed by atoms with Crippen LogP contribution in [0.25, 0.3) is 0 Å². The number of hydrogen-bond acceptors (Lipinski definition) is 3. The number of benzene rings is 1. The van der Waals surface area contributed by atoms with Gasteiger partial charge in [-0.1, -0.05) is 0 Å². The van der Waals surface area contributed by atoms with Crippen molar-refractivity contribution in [1.82, 2.24) is 0 Å². The molecule has 0 fully saturated rings. The third kappa shape index (κ3) is 2.02. The van der Waals surface area contributed by atoms with Crippen LogP contribution in [0.15, 0.2) is 12.1 Å². The first-order valence-electron chi connectivity index (χ1n) is 4.29. The molecule has 76 valence electrons. The molecule has 0 saturated heterocycles. The van der Waals surface area contributed by atoms with Crippen molar-refractivity contribution in [1.29, 1.82) is 0 Å². The second-order valence-electron chi connectivity index (χ2n) is 2.91. The summed E-state index contributed by atoms with van der Waals surface area (Å²) >= 11 is 0. The fraction of sp³-hybridized carbons (Fsp3) is 0.300. The molecule has 4 heteroatoms. The Balaban J connectivity index is 3.09. The quantitative estimate of drug-likeness (QED) is 0.581. The highest BCUT2D eigenvalue weighted by Gasteiger charge is 2.12. The van der Waals surface area contributed by atoms with Crippen LogP contribution in [0.5, 0.6) is 0 Å². The molecule has 0 atom stereocenters. The molecule has 0 radical (unpaired) electrons. The van der Waals surface area contributed by atoms with Crippen molar-refractivity contribution in [2.24, 2.45) is 0 Å². The van der Waals surface area contributed by atoms with Gasteiger partial charge in [-0.15, -0.1) is 0 Å². The van der Waals surface area contributed by atoms with Crippen LogP contribution >= 0.6 is 0 Å². The lowest BCUT2D eigenvalue weighted by molar-refractivity contribution is 0.0525. The molecule has 0 saturated carbocycles. The van der Waals surface area contributed by atoms with Gasteiger partial charge < -0.3 is 10.5 Å². The molecular weight excluding hydrogens is 185 g/mol. The summed E-state index contributed by atoms with van der Waals surface area (Å²) in [7, 11) is 0. The van der Waals surface area contributed by atoms with E-state index in [-0.39, 0.29) is 17.9 Å². The molecular formula is C10H12FNO2. The first kappa shape index (κ1) is 10.5. The van der Waals surface area contributed by atoms with Crippen molar-refractivity contribution < 1.29 is 13.9 Å². The second-order valence-corrected chi connectivity index (χ2v) is 2.91. The van der Waals surface area contributed by atoms with Gasteiger partial charge in [0, 0.05) is 0 Å². The average Bonchev–Trinajstić information content (AvgIpc) is 2.11. The topological polar surface area (TPSA) is 52.3 Å². The summed E-state index contributed by atoms with van der Waals surface area (Å²) in [6, 6.07) is 2.52. The lowest BCUT2D eigenvalue weighted by Crippen LogP contribution is -2.08. The molecule has 0 heterocycles. The van der Waals surface area contributed by atoms with Crippen LogP contribution in [0, 0.1) is 12.7 Å². The normalized spacial score (nSPS) is 9.93. The van der Waals surface area contributed by atoms with Gasteiger partial charge in [-0.25, -0.2) is 9.18 Å². The standard InChI is InChI=1S/C10H12FNO2/c1-3-14-10(13)7-5-8(11)9(12)4-6(7)2/h4-5H,3,12H2,1-2H3. The monoisotopic (exact) mass is 197 g/mol. The van der Waals surface area contributed by atoms with Crippen molar-refractivity contribution in [2.45, 2.75) is 13.8 Å². The fourth-order valence-electron chi connectivity index (χ4n) is 1.13. The molecule has 0 spiro atoms. The van der Waals surface area contributed by atoms with Crippen molar-refractivity contribution >= 4 is 11.7 Å². The summed E-state index contributed by atoms with van der Waals surface area (Å²) < 4.78 is 17.8. The maximum absolute atomic E-state index is 13.0. The Morgan fingerprint density at radius 3 is 2.79 bits per heavy atom. The smallest absolute Gasteiger partial charge is 0.338 e. The number of rotatable bonds is 2. The number of anilines is 1. The van der Waals surface area contributed by atoms with Crippen molar-refractivity contribution in [3.63, 3.8) is 0 Å². The van der Waals surface area contributed by atoms with Gasteiger partial charge in [-0.3, -0.25) is 0 Å². The van der Waals surface area contributed by atoms with E-state index in [2.05, 4.69) is 0 Å². The Morgan fingerprint density at radius 1 is 1.57 bits per heavy atom. The zero-order valence-electron chi connectivity index (χ0n) is 8.13. The Bertz CT molecular complexity index is 363. The van der Waals surface area contributed by atoms with E-state index < -0.39 is 11.8 Å². The molecule has 0 aliphatic rings. The minimum atomic E-state index is -0.598. The number of carbonyl (C=O) groups excluding carboxylic acids is 1. The highest BCUT2D eigenvalue weighted by molar-refractivity contribution is 5.91. The molecule has 1 aromatic rings. The van der Waals surface area contributed by atoms with Gasteiger partial charge in [0.2, 0.25) is 0 Å². The van der Waals surface area contributed by atoms with Crippen LogP contribution < -0.4 is 5.73 Å². The minimum absolute atomic E-state index is 0.0375. The number of nitrogens with two attached hydrogens (primary N) is 1. The maximum Gasteiger partial charge on any atom is 0.338 e. The lowest BCUT2D eigenvalue weighted by atomic mass is 10.1. The van der Waals surface area contributed by atoms with Gasteiger partial charge in [-0.05, 0) is 31.5 Å². The van der Waals surface area contributed by atoms with Crippen LogP contribution in [-0.4, -0.2) is 12.6 Å². The average molecular weight is 197 g/mol. The molecule has 0 unspecified atom stereocenters. The van der Waals surface area contributed by atoms with Gasteiger partial charge in [0.25, 0.3) is 0 Å². The summed E-state index contributed by atoms with van der Waals surface area (Å²) in [5.41, 5.74) is 6.21. The van der Waals surface area contributed by atoms with E-state index in [9.17, 15) is 9.18 Å². The zero-order valence-corrected chi connectivity index (χ0v) is 8.13. The van der Waals surface area contributed by atoms with E-state index in [1.165, 1.54) is 6.07 Å². The molecule has 2 N–H and O–H groups in total. The number of halogens is 1. The number of ether oxygens (including phenoxy) is 1. The maximum atomic E-state index is 13.0. The number of aryl methyl sites for hydroxylation is 1. The lowest BCUT2D eigenvalue weighted by Gasteiger charge is -2.06. The fourth-order valence-corrected chi connectivity index (χ4v) is 1.13. The SMILES string of the molecule is CCOC(=O)c1cc(F)c(N)cc1C. The molecule has 0 aromatic heterocycles. The van der Waals surface area contributed by atoms with Gasteiger partial charge in [0.15, 0.2) is 0 Å². The molecule has 0 aliphatic carbocycles. The van der Waals surface area contributed by atoms with Crippen LogP contribution in [0.2, 0.25) is 0 Å². The third-order valence-corrected chi connectivity index (χ3v) is 1.84. The molecule has 14 heavy (non-hydrogen) atoms. The summed E-state index contributed by atoms with van der Waals surface area (Å²) in [5.74, 6) is -1.12. The predicted molar refractivity (Wildman–Crippen MR) is 51.5 cm³/mol. The first-order valence-corrected chi connectivity index (χ1v) is 4.29. The van der Waals surface area contributed by atoms with E-state index >= 15 is 0 Å². The van der Waals surface area contributed by atoms with Gasteiger partial charge >= 0.3 is 5.97 Å². The Labute approximate surface area is 81.7 Å². The van der Waals surface area contributed by atoms with Crippen LogP contribution in [0.1, 0.15) is 22.8 Å². The highest BCUT2D eigenvalue weighted by Crippen LogP contribution is 2.17. The number of carbonyl (C=O) groups is 1. The van der Waals surface area contributed by atoms with Crippen LogP contribution in [0.4, 0.5) is 10.1 Å². The Morgan fingerprint density at radius 2 is 2.21 bits per heavy atom. The molecule has 3 nitrogen and oxygen atoms in total. The van der Waals surface area contributed by atoms with Crippen molar-refractivity contribution in [3.8, 4) is 0 Å². The highest BCUT2D eigenvalue weighted by atomic mass is 19.1. The number of hydrogen-bond donors (Lipinski definition) is 1. The predicted octanol–water partition coefficient (Wildman–Crippen LogP) is 1.89. The first-order chi connectivity index (χ1) is 6.56. The second kappa shape index (κ2) is 4.09. The summed E-state index contributed by atoms with van der Waals surface area (Å²) in [4.78, 5) is 11.3. The molecule has 0 amide bonds. The van der Waals surface area contributed by atoms with E-state index in [0.717, 1.165) is 6.07 Å². The summed E-state index contributed by atoms with van der Waals surface area (Å²) in [6.07, 6.45) is 0. The Hall–Kier alpha value is -1.58. The molecule has 0 bridgehead atoms. The van der Waals surface area contributed by atoms with E-state index in [1.807, 2.05) is 0 Å². The van der Waals surface area contributed by atoms with Crippen molar-refractivity contribution in [3.05, 3.63) is 29.1 Å². The van der Waals surface area contributed by atoms with E-state index in [0.29, 0.717) is 5.56 Å². The minimum Gasteiger partial charge on any atom is -0.462 e. The van der Waals surface area contributed by atoms with Crippen molar-refractivity contribution in [2.75, 3.05) is 12.3 Å². The molecule has 1 rings (SSSR count). The summed E-state index contributed by atoms with van der Waals surface area (Å²) in [5, 5.41) is 0. The van der Waals surface area contributed by atoms with E-state index in [4.69, 9.17) is 10.5 Å². The Kier molecular flexibility index (Phi) is 3.06. The van der Waals surface area contributed by atoms with Gasteiger partial charge in [0.1, 0.15) is 5.82 Å². The summed E-state index contributed by atoms with van der Waals surface area (Å²) in [6.45, 7) is 3.65. The largest absolute Gasteiger partial charge is 0.462 e. The molecule has 0 aliphatic heterocycles. The third-order valence-electron chi connectivity index (χ3n) is 1.84. The molecule has 1 aromatic carbocycles.